The third-order valence-electron chi connectivity index (χ3n) is 2.56. The summed E-state index contributed by atoms with van der Waals surface area (Å²) in [6.07, 6.45) is 0.0537. The van der Waals surface area contributed by atoms with E-state index in [1.54, 1.807) is 4.90 Å². The molecular weight excluding hydrogens is 182 g/mol. The van der Waals surface area contributed by atoms with Crippen LogP contribution in [0, 0.1) is 5.92 Å². The lowest BCUT2D eigenvalue weighted by Crippen LogP contribution is -2.38. The lowest BCUT2D eigenvalue weighted by atomic mass is 10.0. The van der Waals surface area contributed by atoms with Gasteiger partial charge in [-0.2, -0.15) is 0 Å². The third kappa shape index (κ3) is 1.85. The zero-order chi connectivity index (χ0) is 10.3. The van der Waals surface area contributed by atoms with Crippen LogP contribution >= 0.6 is 0 Å². The molecule has 14 heavy (non-hydrogen) atoms. The Hall–Kier alpha value is -0.770. The van der Waals surface area contributed by atoms with Crippen molar-refractivity contribution in [3.63, 3.8) is 0 Å². The quantitative estimate of drug-likeness (QED) is 0.589. The Morgan fingerprint density at radius 1 is 1.43 bits per heavy atom. The van der Waals surface area contributed by atoms with Gasteiger partial charge >= 0.3 is 6.09 Å². The maximum absolute atomic E-state index is 11.6. The Bertz CT molecular complexity index is 234. The van der Waals surface area contributed by atoms with Crippen molar-refractivity contribution in [3.05, 3.63) is 0 Å². The smallest absolute Gasteiger partial charge is 0.410 e. The SMILES string of the molecule is CC(C)(C)OC(=O)N1C[C@H]2CO[C@@H]2C1. The molecule has 1 amide bonds. The topological polar surface area (TPSA) is 38.8 Å². The summed E-state index contributed by atoms with van der Waals surface area (Å²) in [7, 11) is 0. The Balaban J connectivity index is 1.87. The Morgan fingerprint density at radius 2 is 2.14 bits per heavy atom. The van der Waals surface area contributed by atoms with E-state index in [1.165, 1.54) is 0 Å². The van der Waals surface area contributed by atoms with E-state index in [0.29, 0.717) is 12.5 Å². The second kappa shape index (κ2) is 3.12. The summed E-state index contributed by atoms with van der Waals surface area (Å²) in [5.74, 6) is 0.544. The van der Waals surface area contributed by atoms with Crippen LogP contribution in [0.25, 0.3) is 0 Å². The van der Waals surface area contributed by atoms with Crippen molar-refractivity contribution in [2.45, 2.75) is 32.5 Å². The molecule has 0 aromatic carbocycles. The van der Waals surface area contributed by atoms with Gasteiger partial charge in [0.1, 0.15) is 5.60 Å². The van der Waals surface area contributed by atoms with E-state index in [1.807, 2.05) is 20.8 Å². The summed E-state index contributed by atoms with van der Waals surface area (Å²) in [4.78, 5) is 13.4. The van der Waals surface area contributed by atoms with Gasteiger partial charge in [0.05, 0.1) is 19.3 Å². The molecule has 0 bridgehead atoms. The summed E-state index contributed by atoms with van der Waals surface area (Å²) < 4.78 is 10.6. The molecule has 0 N–H and O–H groups in total. The highest BCUT2D eigenvalue weighted by Crippen LogP contribution is 2.29. The summed E-state index contributed by atoms with van der Waals surface area (Å²) in [5, 5.41) is 0. The number of amides is 1. The second-order valence-corrected chi connectivity index (χ2v) is 5.02. The van der Waals surface area contributed by atoms with Crippen LogP contribution in [-0.4, -0.2) is 42.4 Å². The van der Waals surface area contributed by atoms with Crippen molar-refractivity contribution in [3.8, 4) is 0 Å². The molecule has 2 fully saturated rings. The Labute approximate surface area is 84.2 Å². The first kappa shape index (κ1) is 9.77. The summed E-state index contributed by atoms with van der Waals surface area (Å²) in [5.41, 5.74) is -0.403. The second-order valence-electron chi connectivity index (χ2n) is 5.02. The number of nitrogens with zero attached hydrogens (tertiary/aromatic N) is 1. The van der Waals surface area contributed by atoms with Crippen molar-refractivity contribution < 1.29 is 14.3 Å². The van der Waals surface area contributed by atoms with Gasteiger partial charge in [0.2, 0.25) is 0 Å². The molecule has 2 rings (SSSR count). The zero-order valence-corrected chi connectivity index (χ0v) is 8.95. The third-order valence-corrected chi connectivity index (χ3v) is 2.56. The van der Waals surface area contributed by atoms with Gasteiger partial charge in [0, 0.05) is 12.5 Å². The largest absolute Gasteiger partial charge is 0.444 e. The van der Waals surface area contributed by atoms with E-state index in [9.17, 15) is 4.79 Å². The van der Waals surface area contributed by atoms with E-state index in [0.717, 1.165) is 13.2 Å². The minimum absolute atomic E-state index is 0.212. The molecule has 0 aliphatic carbocycles. The monoisotopic (exact) mass is 199 g/mol. The maximum atomic E-state index is 11.6. The van der Waals surface area contributed by atoms with Crippen molar-refractivity contribution >= 4 is 6.09 Å². The van der Waals surface area contributed by atoms with Crippen molar-refractivity contribution in [2.24, 2.45) is 5.92 Å². The summed E-state index contributed by atoms with van der Waals surface area (Å²) in [6.45, 7) is 7.92. The summed E-state index contributed by atoms with van der Waals surface area (Å²) in [6, 6.07) is 0. The number of hydrogen-bond donors (Lipinski definition) is 0. The Morgan fingerprint density at radius 3 is 2.50 bits per heavy atom. The van der Waals surface area contributed by atoms with Crippen LogP contribution in [0.3, 0.4) is 0 Å². The number of fused-ring (bicyclic) bond motifs is 1. The highest BCUT2D eigenvalue weighted by Gasteiger charge is 2.43. The van der Waals surface area contributed by atoms with Crippen LogP contribution in [0.2, 0.25) is 0 Å². The number of ether oxygens (including phenoxy) is 2. The molecule has 4 nitrogen and oxygen atoms in total. The van der Waals surface area contributed by atoms with Gasteiger partial charge in [-0.15, -0.1) is 0 Å². The van der Waals surface area contributed by atoms with Crippen LogP contribution in [0.5, 0.6) is 0 Å². The average Bonchev–Trinajstić information content (AvgIpc) is 2.24. The standard InChI is InChI=1S/C10H17NO3/c1-10(2,3)14-9(12)11-4-7-6-13-8(7)5-11/h7-8H,4-6H2,1-3H3/t7-,8+/m0/s1. The molecule has 2 heterocycles. The predicted octanol–water partition coefficient (Wildman–Crippen LogP) is 1.25. The van der Waals surface area contributed by atoms with Gasteiger partial charge in [-0.25, -0.2) is 4.79 Å². The average molecular weight is 199 g/mol. The number of carbonyl (C=O) groups is 1. The molecule has 2 atom stereocenters. The van der Waals surface area contributed by atoms with Gasteiger partial charge < -0.3 is 14.4 Å². The lowest BCUT2D eigenvalue weighted by Gasteiger charge is -2.28. The van der Waals surface area contributed by atoms with Crippen LogP contribution in [0.4, 0.5) is 4.79 Å². The predicted molar refractivity (Wildman–Crippen MR) is 51.0 cm³/mol. The molecule has 2 aliphatic rings. The van der Waals surface area contributed by atoms with Crippen LogP contribution in [-0.2, 0) is 9.47 Å². The molecule has 2 saturated heterocycles. The lowest BCUT2D eigenvalue weighted by molar-refractivity contribution is -0.0831. The normalized spacial score (nSPS) is 30.9. The highest BCUT2D eigenvalue weighted by atomic mass is 16.6. The maximum Gasteiger partial charge on any atom is 0.410 e. The molecule has 0 radical (unpaired) electrons. The Kier molecular flexibility index (Phi) is 2.18. The molecular formula is C10H17NO3. The van der Waals surface area contributed by atoms with Gasteiger partial charge in [-0.1, -0.05) is 0 Å². The van der Waals surface area contributed by atoms with Crippen molar-refractivity contribution in [2.75, 3.05) is 19.7 Å². The minimum atomic E-state index is -0.403. The molecule has 0 aromatic heterocycles. The molecule has 4 heteroatoms. The van der Waals surface area contributed by atoms with Gasteiger partial charge in [0.15, 0.2) is 0 Å². The fourth-order valence-electron chi connectivity index (χ4n) is 1.79. The molecule has 0 saturated carbocycles. The highest BCUT2D eigenvalue weighted by molar-refractivity contribution is 5.68. The molecule has 2 aliphatic heterocycles. The number of rotatable bonds is 0. The number of likely N-dealkylation sites (tertiary alicyclic amines) is 1. The van der Waals surface area contributed by atoms with Crippen LogP contribution < -0.4 is 0 Å². The van der Waals surface area contributed by atoms with Crippen molar-refractivity contribution in [1.82, 2.24) is 4.90 Å². The van der Waals surface area contributed by atoms with Crippen LogP contribution in [0.15, 0.2) is 0 Å². The zero-order valence-electron chi connectivity index (χ0n) is 8.95. The first-order chi connectivity index (χ1) is 6.46. The first-order valence-corrected chi connectivity index (χ1v) is 5.05. The van der Waals surface area contributed by atoms with Gasteiger partial charge in [-0.05, 0) is 20.8 Å². The number of carbonyl (C=O) groups excluding carboxylic acids is 1. The van der Waals surface area contributed by atoms with E-state index in [4.69, 9.17) is 9.47 Å². The van der Waals surface area contributed by atoms with Gasteiger partial charge in [-0.3, -0.25) is 0 Å². The van der Waals surface area contributed by atoms with Crippen molar-refractivity contribution in [1.29, 1.82) is 0 Å². The number of hydrogen-bond acceptors (Lipinski definition) is 3. The molecule has 0 unspecified atom stereocenters. The molecule has 80 valence electrons. The minimum Gasteiger partial charge on any atom is -0.444 e. The fraction of sp³-hybridized carbons (Fsp3) is 0.900. The van der Waals surface area contributed by atoms with Crippen LogP contribution in [0.1, 0.15) is 20.8 Å². The van der Waals surface area contributed by atoms with E-state index >= 15 is 0 Å². The summed E-state index contributed by atoms with van der Waals surface area (Å²) >= 11 is 0. The fourth-order valence-corrected chi connectivity index (χ4v) is 1.79. The first-order valence-electron chi connectivity index (χ1n) is 5.05. The van der Waals surface area contributed by atoms with E-state index in [2.05, 4.69) is 0 Å². The molecule has 0 aromatic rings. The molecule has 0 spiro atoms. The van der Waals surface area contributed by atoms with E-state index in [-0.39, 0.29) is 12.2 Å². The van der Waals surface area contributed by atoms with Gasteiger partial charge in [0.25, 0.3) is 0 Å². The van der Waals surface area contributed by atoms with E-state index < -0.39 is 5.60 Å².